The molecule has 0 fully saturated rings. The second-order valence-corrected chi connectivity index (χ2v) is 4.78. The molecule has 96 valence electrons. The highest BCUT2D eigenvalue weighted by molar-refractivity contribution is 7.98. The van der Waals surface area contributed by atoms with E-state index in [4.69, 9.17) is 11.6 Å². The van der Waals surface area contributed by atoms with Gasteiger partial charge in [-0.3, -0.25) is 0 Å². The van der Waals surface area contributed by atoms with Gasteiger partial charge in [0.05, 0.1) is 0 Å². The standard InChI is InChI=1S/C10H18ClN5S/c1-3-5-12-9-14-8(11)15-10(16-9)13-6-4-7-17-2/h3-7H2,1-2H3,(H2,12,13,14,15,16). The van der Waals surface area contributed by atoms with E-state index in [1.807, 2.05) is 11.8 Å². The van der Waals surface area contributed by atoms with Gasteiger partial charge in [-0.05, 0) is 36.5 Å². The van der Waals surface area contributed by atoms with Crippen molar-refractivity contribution >= 4 is 35.3 Å². The van der Waals surface area contributed by atoms with Crippen molar-refractivity contribution < 1.29 is 0 Å². The summed E-state index contributed by atoms with van der Waals surface area (Å²) in [6, 6.07) is 0. The summed E-state index contributed by atoms with van der Waals surface area (Å²) >= 11 is 7.65. The Bertz CT molecular complexity index is 336. The third kappa shape index (κ3) is 5.93. The molecule has 0 unspecified atom stereocenters. The summed E-state index contributed by atoms with van der Waals surface area (Å²) in [5.41, 5.74) is 0. The molecule has 1 aromatic rings. The summed E-state index contributed by atoms with van der Waals surface area (Å²) in [5.74, 6) is 2.18. The van der Waals surface area contributed by atoms with E-state index < -0.39 is 0 Å². The predicted molar refractivity (Wildman–Crippen MR) is 75.1 cm³/mol. The Morgan fingerprint density at radius 3 is 2.35 bits per heavy atom. The molecule has 0 saturated heterocycles. The average molecular weight is 276 g/mol. The highest BCUT2D eigenvalue weighted by atomic mass is 35.5. The van der Waals surface area contributed by atoms with E-state index in [0.29, 0.717) is 11.9 Å². The average Bonchev–Trinajstić information content (AvgIpc) is 2.31. The van der Waals surface area contributed by atoms with E-state index in [1.165, 1.54) is 0 Å². The minimum Gasteiger partial charge on any atom is -0.354 e. The fraction of sp³-hybridized carbons (Fsp3) is 0.700. The first-order valence-corrected chi connectivity index (χ1v) is 7.41. The van der Waals surface area contributed by atoms with Gasteiger partial charge in [0.2, 0.25) is 17.2 Å². The van der Waals surface area contributed by atoms with Crippen LogP contribution in [0.1, 0.15) is 19.8 Å². The zero-order valence-electron chi connectivity index (χ0n) is 10.2. The van der Waals surface area contributed by atoms with Crippen molar-refractivity contribution in [3.05, 3.63) is 5.28 Å². The van der Waals surface area contributed by atoms with Crippen LogP contribution >= 0.6 is 23.4 Å². The number of hydrogen-bond donors (Lipinski definition) is 2. The summed E-state index contributed by atoms with van der Waals surface area (Å²) in [7, 11) is 0. The van der Waals surface area contributed by atoms with Crippen molar-refractivity contribution in [1.82, 2.24) is 15.0 Å². The first-order valence-electron chi connectivity index (χ1n) is 5.64. The maximum Gasteiger partial charge on any atom is 0.228 e. The maximum atomic E-state index is 5.82. The van der Waals surface area contributed by atoms with Crippen molar-refractivity contribution in [2.45, 2.75) is 19.8 Å². The van der Waals surface area contributed by atoms with E-state index in [9.17, 15) is 0 Å². The molecule has 0 aliphatic heterocycles. The number of thioether (sulfide) groups is 1. The Morgan fingerprint density at radius 1 is 1.12 bits per heavy atom. The molecule has 5 nitrogen and oxygen atoms in total. The number of halogens is 1. The Kier molecular flexibility index (Phi) is 7.04. The Morgan fingerprint density at radius 2 is 1.76 bits per heavy atom. The van der Waals surface area contributed by atoms with Crippen LogP contribution in [-0.2, 0) is 0 Å². The van der Waals surface area contributed by atoms with E-state index in [2.05, 4.69) is 38.8 Å². The first kappa shape index (κ1) is 14.3. The Labute approximate surface area is 111 Å². The summed E-state index contributed by atoms with van der Waals surface area (Å²) in [5, 5.41) is 6.44. The van der Waals surface area contributed by atoms with Gasteiger partial charge in [-0.1, -0.05) is 6.92 Å². The van der Waals surface area contributed by atoms with Crippen LogP contribution in [0, 0.1) is 0 Å². The molecule has 0 bridgehead atoms. The number of rotatable bonds is 8. The lowest BCUT2D eigenvalue weighted by molar-refractivity contribution is 0.920. The molecule has 1 rings (SSSR count). The molecule has 0 spiro atoms. The first-order chi connectivity index (χ1) is 8.26. The SMILES string of the molecule is CCCNc1nc(Cl)nc(NCCCSC)n1. The van der Waals surface area contributed by atoms with Crippen LogP contribution in [0.5, 0.6) is 0 Å². The lowest BCUT2D eigenvalue weighted by atomic mass is 10.5. The molecule has 0 aromatic carbocycles. The smallest absolute Gasteiger partial charge is 0.228 e. The second kappa shape index (κ2) is 8.36. The lowest BCUT2D eigenvalue weighted by Gasteiger charge is -2.07. The van der Waals surface area contributed by atoms with E-state index in [1.54, 1.807) is 0 Å². The minimum atomic E-state index is 0.214. The van der Waals surface area contributed by atoms with Crippen LogP contribution in [0.3, 0.4) is 0 Å². The quantitative estimate of drug-likeness (QED) is 0.711. The van der Waals surface area contributed by atoms with Crippen molar-refractivity contribution in [2.75, 3.05) is 35.7 Å². The molecule has 1 heterocycles. The van der Waals surface area contributed by atoms with Gasteiger partial charge < -0.3 is 10.6 Å². The zero-order chi connectivity index (χ0) is 12.5. The molecule has 0 saturated carbocycles. The molecule has 0 atom stereocenters. The largest absolute Gasteiger partial charge is 0.354 e. The fourth-order valence-corrected chi connectivity index (χ4v) is 1.75. The molecule has 2 N–H and O–H groups in total. The predicted octanol–water partition coefficient (Wildman–Crippen LogP) is 2.51. The summed E-state index contributed by atoms with van der Waals surface area (Å²) < 4.78 is 0. The third-order valence-corrected chi connectivity index (χ3v) is 2.82. The molecular weight excluding hydrogens is 258 g/mol. The lowest BCUT2D eigenvalue weighted by Crippen LogP contribution is -2.10. The topological polar surface area (TPSA) is 62.7 Å². The monoisotopic (exact) mass is 275 g/mol. The summed E-state index contributed by atoms with van der Waals surface area (Å²) in [6.07, 6.45) is 4.18. The van der Waals surface area contributed by atoms with E-state index in [-0.39, 0.29) is 5.28 Å². The summed E-state index contributed by atoms with van der Waals surface area (Å²) in [4.78, 5) is 12.3. The van der Waals surface area contributed by atoms with Crippen LogP contribution in [-0.4, -0.2) is 40.1 Å². The Balaban J connectivity index is 2.50. The van der Waals surface area contributed by atoms with Crippen molar-refractivity contribution in [2.24, 2.45) is 0 Å². The van der Waals surface area contributed by atoms with Crippen LogP contribution in [0.2, 0.25) is 5.28 Å². The number of anilines is 2. The van der Waals surface area contributed by atoms with Gasteiger partial charge in [0.1, 0.15) is 0 Å². The molecule has 0 amide bonds. The molecule has 0 aliphatic rings. The third-order valence-electron chi connectivity index (χ3n) is 1.95. The van der Waals surface area contributed by atoms with Crippen LogP contribution in [0.25, 0.3) is 0 Å². The van der Waals surface area contributed by atoms with Gasteiger partial charge >= 0.3 is 0 Å². The molecule has 17 heavy (non-hydrogen) atoms. The highest BCUT2D eigenvalue weighted by Crippen LogP contribution is 2.09. The molecule has 7 heteroatoms. The second-order valence-electron chi connectivity index (χ2n) is 3.45. The number of nitrogens with one attached hydrogen (secondary N) is 2. The fourth-order valence-electron chi connectivity index (χ4n) is 1.16. The van der Waals surface area contributed by atoms with Crippen molar-refractivity contribution in [3.8, 4) is 0 Å². The van der Waals surface area contributed by atoms with E-state index >= 15 is 0 Å². The van der Waals surface area contributed by atoms with Gasteiger partial charge in [0.25, 0.3) is 0 Å². The number of nitrogens with zero attached hydrogens (tertiary/aromatic N) is 3. The minimum absolute atomic E-state index is 0.214. The van der Waals surface area contributed by atoms with Crippen LogP contribution in [0.15, 0.2) is 0 Å². The molecule has 0 radical (unpaired) electrons. The van der Waals surface area contributed by atoms with Gasteiger partial charge in [0, 0.05) is 13.1 Å². The van der Waals surface area contributed by atoms with Gasteiger partial charge in [0.15, 0.2) is 0 Å². The highest BCUT2D eigenvalue weighted by Gasteiger charge is 2.03. The van der Waals surface area contributed by atoms with Crippen molar-refractivity contribution in [1.29, 1.82) is 0 Å². The van der Waals surface area contributed by atoms with Crippen LogP contribution in [0.4, 0.5) is 11.9 Å². The number of hydrogen-bond acceptors (Lipinski definition) is 6. The van der Waals surface area contributed by atoms with Gasteiger partial charge in [-0.15, -0.1) is 0 Å². The molecule has 0 aliphatic carbocycles. The summed E-state index contributed by atoms with van der Waals surface area (Å²) in [6.45, 7) is 3.75. The molecular formula is C10H18ClN5S. The zero-order valence-corrected chi connectivity index (χ0v) is 11.7. The molecule has 1 aromatic heterocycles. The Hall–Kier alpha value is -0.750. The van der Waals surface area contributed by atoms with Crippen molar-refractivity contribution in [3.63, 3.8) is 0 Å². The van der Waals surface area contributed by atoms with Gasteiger partial charge in [-0.2, -0.15) is 26.7 Å². The van der Waals surface area contributed by atoms with E-state index in [0.717, 1.165) is 31.7 Å². The number of aromatic nitrogens is 3. The normalized spacial score (nSPS) is 10.3. The van der Waals surface area contributed by atoms with Crippen LogP contribution < -0.4 is 10.6 Å². The van der Waals surface area contributed by atoms with Gasteiger partial charge in [-0.25, -0.2) is 0 Å². The maximum absolute atomic E-state index is 5.82.